The molecule has 0 saturated carbocycles. The maximum absolute atomic E-state index is 13.8. The molecule has 0 aromatic heterocycles. The lowest BCUT2D eigenvalue weighted by Crippen LogP contribution is -2.55. The Morgan fingerprint density at radius 1 is 1.08 bits per heavy atom. The molecule has 1 aromatic rings. The van der Waals surface area contributed by atoms with E-state index in [1.165, 1.54) is 25.3 Å². The molecule has 144 valence electrons. The van der Waals surface area contributed by atoms with Crippen molar-refractivity contribution >= 4 is 17.8 Å². The fourth-order valence-electron chi connectivity index (χ4n) is 2.44. The molecule has 0 fully saturated rings. The van der Waals surface area contributed by atoms with Crippen LogP contribution in [-0.2, 0) is 14.3 Å². The smallest absolute Gasteiger partial charge is 0.328 e. The van der Waals surface area contributed by atoms with Crippen molar-refractivity contribution < 1.29 is 23.5 Å². The van der Waals surface area contributed by atoms with Crippen molar-refractivity contribution in [2.24, 2.45) is 11.8 Å². The number of ether oxygens (including phenoxy) is 1. The van der Waals surface area contributed by atoms with Gasteiger partial charge < -0.3 is 15.4 Å². The van der Waals surface area contributed by atoms with E-state index in [0.717, 1.165) is 0 Å². The number of carbonyl (C=O) groups excluding carboxylic acids is 3. The summed E-state index contributed by atoms with van der Waals surface area (Å²) in [6.07, 6.45) is 0.661. The van der Waals surface area contributed by atoms with Gasteiger partial charge in [-0.05, 0) is 24.0 Å². The van der Waals surface area contributed by atoms with Crippen LogP contribution in [0.3, 0.4) is 0 Å². The second-order valence-corrected chi connectivity index (χ2v) is 6.57. The molecule has 3 atom stereocenters. The molecule has 26 heavy (non-hydrogen) atoms. The SMILES string of the molecule is CC[C@H](C)[C@@H](NC(=O)[C@@H](NC(=O)c1ccccc1F)C(C)C)C(=O)OC. The predicted octanol–water partition coefficient (Wildman–Crippen LogP) is 2.28. The summed E-state index contributed by atoms with van der Waals surface area (Å²) in [5.41, 5.74) is -0.141. The molecule has 2 amide bonds. The zero-order valence-electron chi connectivity index (χ0n) is 15.8. The van der Waals surface area contributed by atoms with E-state index in [9.17, 15) is 18.8 Å². The average molecular weight is 366 g/mol. The van der Waals surface area contributed by atoms with Crippen LogP contribution in [0, 0.1) is 17.7 Å². The summed E-state index contributed by atoms with van der Waals surface area (Å²) in [7, 11) is 1.25. The number of halogens is 1. The first-order valence-electron chi connectivity index (χ1n) is 8.66. The summed E-state index contributed by atoms with van der Waals surface area (Å²) in [5.74, 6) is -2.81. The monoisotopic (exact) mass is 366 g/mol. The van der Waals surface area contributed by atoms with Gasteiger partial charge in [-0.3, -0.25) is 9.59 Å². The Bertz CT molecular complexity index is 648. The van der Waals surface area contributed by atoms with Gasteiger partial charge in [0, 0.05) is 0 Å². The van der Waals surface area contributed by atoms with Crippen LogP contribution in [0.4, 0.5) is 4.39 Å². The van der Waals surface area contributed by atoms with Crippen LogP contribution in [0.5, 0.6) is 0 Å². The molecule has 0 radical (unpaired) electrons. The zero-order valence-corrected chi connectivity index (χ0v) is 15.8. The largest absolute Gasteiger partial charge is 0.467 e. The quantitative estimate of drug-likeness (QED) is 0.692. The van der Waals surface area contributed by atoms with Crippen LogP contribution >= 0.6 is 0 Å². The van der Waals surface area contributed by atoms with E-state index in [-0.39, 0.29) is 17.4 Å². The fourth-order valence-corrected chi connectivity index (χ4v) is 2.44. The van der Waals surface area contributed by atoms with Crippen molar-refractivity contribution in [2.45, 2.75) is 46.2 Å². The lowest BCUT2D eigenvalue weighted by atomic mass is 9.97. The third-order valence-corrected chi connectivity index (χ3v) is 4.32. The van der Waals surface area contributed by atoms with Gasteiger partial charge in [-0.1, -0.05) is 46.2 Å². The number of nitrogens with one attached hydrogen (secondary N) is 2. The second kappa shape index (κ2) is 9.89. The predicted molar refractivity (Wildman–Crippen MR) is 95.9 cm³/mol. The third kappa shape index (κ3) is 5.54. The molecular weight excluding hydrogens is 339 g/mol. The third-order valence-electron chi connectivity index (χ3n) is 4.32. The number of hydrogen-bond acceptors (Lipinski definition) is 4. The van der Waals surface area contributed by atoms with E-state index < -0.39 is 35.7 Å². The minimum Gasteiger partial charge on any atom is -0.467 e. The van der Waals surface area contributed by atoms with Crippen LogP contribution in [0.1, 0.15) is 44.5 Å². The molecule has 0 spiro atoms. The average Bonchev–Trinajstić information content (AvgIpc) is 2.62. The van der Waals surface area contributed by atoms with Gasteiger partial charge in [0.15, 0.2) is 0 Å². The van der Waals surface area contributed by atoms with Crippen molar-refractivity contribution in [3.8, 4) is 0 Å². The summed E-state index contributed by atoms with van der Waals surface area (Å²) in [5, 5.41) is 5.20. The summed E-state index contributed by atoms with van der Waals surface area (Å²) in [6, 6.07) is 3.80. The Morgan fingerprint density at radius 2 is 1.69 bits per heavy atom. The lowest BCUT2D eigenvalue weighted by molar-refractivity contribution is -0.147. The molecule has 7 heteroatoms. The minimum atomic E-state index is -0.918. The van der Waals surface area contributed by atoms with Gasteiger partial charge in [-0.2, -0.15) is 0 Å². The van der Waals surface area contributed by atoms with Crippen molar-refractivity contribution in [3.05, 3.63) is 35.6 Å². The van der Waals surface area contributed by atoms with Crippen molar-refractivity contribution in [1.82, 2.24) is 10.6 Å². The highest BCUT2D eigenvalue weighted by Crippen LogP contribution is 2.12. The van der Waals surface area contributed by atoms with E-state index >= 15 is 0 Å². The van der Waals surface area contributed by atoms with E-state index in [0.29, 0.717) is 6.42 Å². The Kier molecular flexibility index (Phi) is 8.22. The molecule has 0 aliphatic heterocycles. The molecule has 0 heterocycles. The van der Waals surface area contributed by atoms with Gasteiger partial charge in [0.25, 0.3) is 5.91 Å². The molecule has 1 rings (SSSR count). The molecule has 0 saturated heterocycles. The van der Waals surface area contributed by atoms with Crippen LogP contribution in [0.2, 0.25) is 0 Å². The van der Waals surface area contributed by atoms with Gasteiger partial charge in [0.2, 0.25) is 5.91 Å². The lowest BCUT2D eigenvalue weighted by Gasteiger charge is -2.27. The Hall–Kier alpha value is -2.44. The van der Waals surface area contributed by atoms with Gasteiger partial charge >= 0.3 is 5.97 Å². The van der Waals surface area contributed by atoms with Gasteiger partial charge in [0.05, 0.1) is 12.7 Å². The number of esters is 1. The first-order chi connectivity index (χ1) is 12.2. The second-order valence-electron chi connectivity index (χ2n) is 6.57. The number of hydrogen-bond donors (Lipinski definition) is 2. The fraction of sp³-hybridized carbons (Fsp3) is 0.526. The van der Waals surface area contributed by atoms with Gasteiger partial charge in [-0.25, -0.2) is 9.18 Å². The van der Waals surface area contributed by atoms with E-state index in [1.54, 1.807) is 19.9 Å². The van der Waals surface area contributed by atoms with Crippen LogP contribution in [0.25, 0.3) is 0 Å². The topological polar surface area (TPSA) is 84.5 Å². The maximum Gasteiger partial charge on any atom is 0.328 e. The Labute approximate surface area is 153 Å². The van der Waals surface area contributed by atoms with Crippen LogP contribution < -0.4 is 10.6 Å². The Morgan fingerprint density at radius 3 is 2.19 bits per heavy atom. The molecule has 1 aromatic carbocycles. The van der Waals surface area contributed by atoms with Crippen LogP contribution in [-0.4, -0.2) is 37.0 Å². The summed E-state index contributed by atoms with van der Waals surface area (Å²) >= 11 is 0. The van der Waals surface area contributed by atoms with E-state index in [2.05, 4.69) is 10.6 Å². The number of rotatable bonds is 8. The number of benzene rings is 1. The number of methoxy groups -OCH3 is 1. The number of carbonyl (C=O) groups is 3. The highest BCUT2D eigenvalue weighted by atomic mass is 19.1. The molecule has 0 unspecified atom stereocenters. The first-order valence-corrected chi connectivity index (χ1v) is 8.66. The summed E-state index contributed by atoms with van der Waals surface area (Å²) in [4.78, 5) is 36.9. The highest BCUT2D eigenvalue weighted by molar-refractivity contribution is 5.98. The van der Waals surface area contributed by atoms with Gasteiger partial charge in [0.1, 0.15) is 17.9 Å². The number of amides is 2. The molecule has 0 aliphatic carbocycles. The molecule has 2 N–H and O–H groups in total. The van der Waals surface area contributed by atoms with Gasteiger partial charge in [-0.15, -0.1) is 0 Å². The molecule has 0 aliphatic rings. The van der Waals surface area contributed by atoms with Crippen molar-refractivity contribution in [1.29, 1.82) is 0 Å². The highest BCUT2D eigenvalue weighted by Gasteiger charge is 2.32. The molecule has 6 nitrogen and oxygen atoms in total. The van der Waals surface area contributed by atoms with Crippen LogP contribution in [0.15, 0.2) is 24.3 Å². The van der Waals surface area contributed by atoms with E-state index in [4.69, 9.17) is 4.74 Å². The normalized spacial score (nSPS) is 14.3. The summed E-state index contributed by atoms with van der Waals surface area (Å²) < 4.78 is 18.5. The van der Waals surface area contributed by atoms with E-state index in [1.807, 2.05) is 13.8 Å². The Balaban J connectivity index is 2.94. The standard InChI is InChI=1S/C19H27FN2O4/c1-6-12(4)16(19(25)26-5)22-18(24)15(11(2)3)21-17(23)13-9-7-8-10-14(13)20/h7-12,15-16H,6H2,1-5H3,(H,21,23)(H,22,24)/t12-,15-,16+/m0/s1. The molecular formula is C19H27FN2O4. The zero-order chi connectivity index (χ0) is 19.9. The summed E-state index contributed by atoms with van der Waals surface area (Å²) in [6.45, 7) is 7.22. The van der Waals surface area contributed by atoms with Crippen molar-refractivity contribution in [3.63, 3.8) is 0 Å². The maximum atomic E-state index is 13.8. The van der Waals surface area contributed by atoms with Crippen molar-refractivity contribution in [2.75, 3.05) is 7.11 Å². The molecule has 0 bridgehead atoms. The first kappa shape index (κ1) is 21.6. The minimum absolute atomic E-state index is 0.138.